The molecule has 0 unspecified atom stereocenters. The molecule has 1 saturated heterocycles. The zero-order valence-electron chi connectivity index (χ0n) is 13.9. The summed E-state index contributed by atoms with van der Waals surface area (Å²) in [7, 11) is 0. The molecular formula is C17H21N5O2S. The fraction of sp³-hybridized carbons (Fsp3) is 0.353. The summed E-state index contributed by atoms with van der Waals surface area (Å²) < 4.78 is 0. The number of benzene rings is 1. The number of imide groups is 1. The Balaban J connectivity index is 1.47. The third kappa shape index (κ3) is 5.09. The lowest BCUT2D eigenvalue weighted by molar-refractivity contribution is -0.121. The maximum atomic E-state index is 11.6. The van der Waals surface area contributed by atoms with Gasteiger partial charge in [0.2, 0.25) is 5.91 Å². The highest BCUT2D eigenvalue weighted by atomic mass is 32.1. The fourth-order valence-corrected chi connectivity index (χ4v) is 3.62. The molecule has 1 aliphatic heterocycles. The van der Waals surface area contributed by atoms with E-state index in [9.17, 15) is 9.59 Å². The van der Waals surface area contributed by atoms with Crippen molar-refractivity contribution in [1.29, 1.82) is 0 Å². The number of aromatic nitrogens is 1. The molecule has 7 nitrogen and oxygen atoms in total. The Morgan fingerprint density at radius 3 is 2.48 bits per heavy atom. The third-order valence-corrected chi connectivity index (χ3v) is 4.99. The van der Waals surface area contributed by atoms with E-state index in [0.717, 1.165) is 49.0 Å². The number of nitrogens with zero attached hydrogens (tertiary/aromatic N) is 3. The molecule has 3 rings (SSSR count). The Bertz CT molecular complexity index is 726. The number of piperazine rings is 1. The topological polar surface area (TPSA) is 91.6 Å². The molecule has 1 aromatic heterocycles. The van der Waals surface area contributed by atoms with Crippen molar-refractivity contribution >= 4 is 23.3 Å². The third-order valence-electron chi connectivity index (χ3n) is 4.05. The smallest absolute Gasteiger partial charge is 0.318 e. The Morgan fingerprint density at radius 1 is 1.12 bits per heavy atom. The van der Waals surface area contributed by atoms with Crippen LogP contribution in [0.4, 0.5) is 4.79 Å². The van der Waals surface area contributed by atoms with Crippen molar-refractivity contribution in [3.05, 3.63) is 41.4 Å². The number of hydrogen-bond donors (Lipinski definition) is 2. The van der Waals surface area contributed by atoms with Gasteiger partial charge in [-0.3, -0.25) is 19.9 Å². The molecule has 2 heterocycles. The first-order valence-electron chi connectivity index (χ1n) is 8.14. The van der Waals surface area contributed by atoms with E-state index in [-0.39, 0.29) is 12.5 Å². The van der Waals surface area contributed by atoms with E-state index in [1.54, 1.807) is 11.3 Å². The molecule has 0 saturated carbocycles. The van der Waals surface area contributed by atoms with Gasteiger partial charge in [0, 0.05) is 43.7 Å². The average Bonchev–Trinajstić information content (AvgIpc) is 3.05. The number of thiazole rings is 1. The first kappa shape index (κ1) is 17.5. The number of hydrogen-bond acceptors (Lipinski definition) is 6. The van der Waals surface area contributed by atoms with Gasteiger partial charge in [0.05, 0.1) is 12.2 Å². The maximum absolute atomic E-state index is 11.6. The van der Waals surface area contributed by atoms with Gasteiger partial charge in [0.1, 0.15) is 5.01 Å². The summed E-state index contributed by atoms with van der Waals surface area (Å²) in [5.74, 6) is -0.354. The molecule has 0 aliphatic carbocycles. The van der Waals surface area contributed by atoms with E-state index in [1.807, 2.05) is 23.1 Å². The lowest BCUT2D eigenvalue weighted by Crippen LogP contribution is -2.50. The number of urea groups is 1. The average molecular weight is 359 g/mol. The van der Waals surface area contributed by atoms with Gasteiger partial charge in [-0.1, -0.05) is 30.3 Å². The number of nitrogens with two attached hydrogens (primary N) is 1. The van der Waals surface area contributed by atoms with Crippen molar-refractivity contribution in [3.8, 4) is 10.6 Å². The molecule has 0 radical (unpaired) electrons. The van der Waals surface area contributed by atoms with Crippen LogP contribution in [0.3, 0.4) is 0 Å². The summed E-state index contributed by atoms with van der Waals surface area (Å²) in [5.41, 5.74) is 7.16. The second-order valence-electron chi connectivity index (χ2n) is 5.97. The van der Waals surface area contributed by atoms with Crippen molar-refractivity contribution < 1.29 is 9.59 Å². The van der Waals surface area contributed by atoms with Crippen molar-refractivity contribution in [2.75, 3.05) is 32.7 Å². The highest BCUT2D eigenvalue weighted by molar-refractivity contribution is 7.13. The van der Waals surface area contributed by atoms with Gasteiger partial charge >= 0.3 is 6.03 Å². The van der Waals surface area contributed by atoms with Crippen LogP contribution in [-0.2, 0) is 11.3 Å². The van der Waals surface area contributed by atoms with E-state index in [0.29, 0.717) is 0 Å². The quantitative estimate of drug-likeness (QED) is 0.835. The van der Waals surface area contributed by atoms with Gasteiger partial charge in [-0.2, -0.15) is 0 Å². The molecule has 0 atom stereocenters. The normalized spacial score (nSPS) is 15.8. The molecule has 2 aromatic rings. The van der Waals surface area contributed by atoms with Gasteiger partial charge in [-0.25, -0.2) is 9.78 Å². The standard InChI is InChI=1S/C17H21N5O2S/c18-17(24)20-15(23)11-22-8-6-21(7-9-22)10-14-12-25-16(19-14)13-4-2-1-3-5-13/h1-5,12H,6-11H2,(H3,18,20,23,24). The van der Waals surface area contributed by atoms with Crippen LogP contribution in [-0.4, -0.2) is 59.4 Å². The van der Waals surface area contributed by atoms with Gasteiger partial charge in [0.15, 0.2) is 0 Å². The first-order valence-corrected chi connectivity index (χ1v) is 9.02. The minimum Gasteiger partial charge on any atom is -0.351 e. The van der Waals surface area contributed by atoms with Crippen molar-refractivity contribution in [2.45, 2.75) is 6.54 Å². The van der Waals surface area contributed by atoms with E-state index in [2.05, 4.69) is 27.7 Å². The summed E-state index contributed by atoms with van der Waals surface area (Å²) in [5, 5.41) is 5.24. The summed E-state index contributed by atoms with van der Waals surface area (Å²) in [6, 6.07) is 9.37. The summed E-state index contributed by atoms with van der Waals surface area (Å²) in [6.07, 6.45) is 0. The second kappa shape index (κ2) is 8.19. The van der Waals surface area contributed by atoms with Crippen LogP contribution in [0.15, 0.2) is 35.7 Å². The summed E-state index contributed by atoms with van der Waals surface area (Å²) in [6.45, 7) is 4.30. The van der Waals surface area contributed by atoms with Crippen LogP contribution in [0.1, 0.15) is 5.69 Å². The van der Waals surface area contributed by atoms with Crippen molar-refractivity contribution in [1.82, 2.24) is 20.1 Å². The predicted octanol–water partition coefficient (Wildman–Crippen LogP) is 1.12. The molecule has 0 bridgehead atoms. The highest BCUT2D eigenvalue weighted by Crippen LogP contribution is 2.24. The molecular weight excluding hydrogens is 338 g/mol. The number of amides is 3. The second-order valence-corrected chi connectivity index (χ2v) is 6.83. The number of carbonyl (C=O) groups is 2. The van der Waals surface area contributed by atoms with Crippen LogP contribution in [0.5, 0.6) is 0 Å². The molecule has 3 amide bonds. The van der Waals surface area contributed by atoms with Crippen LogP contribution in [0.2, 0.25) is 0 Å². The molecule has 25 heavy (non-hydrogen) atoms. The molecule has 8 heteroatoms. The van der Waals surface area contributed by atoms with Gasteiger partial charge in [-0.15, -0.1) is 11.3 Å². The number of nitrogens with one attached hydrogen (secondary N) is 1. The SMILES string of the molecule is NC(=O)NC(=O)CN1CCN(Cc2csc(-c3ccccc3)n2)CC1. The zero-order valence-corrected chi connectivity index (χ0v) is 14.7. The molecule has 1 aromatic carbocycles. The van der Waals surface area contributed by atoms with E-state index < -0.39 is 6.03 Å². The molecule has 0 spiro atoms. The Hall–Kier alpha value is -2.29. The largest absolute Gasteiger partial charge is 0.351 e. The number of primary amides is 1. The molecule has 1 aliphatic rings. The van der Waals surface area contributed by atoms with Gasteiger partial charge in [0.25, 0.3) is 0 Å². The van der Waals surface area contributed by atoms with Crippen LogP contribution >= 0.6 is 11.3 Å². The van der Waals surface area contributed by atoms with Gasteiger partial charge in [-0.05, 0) is 0 Å². The van der Waals surface area contributed by atoms with E-state index in [4.69, 9.17) is 10.7 Å². The summed E-state index contributed by atoms with van der Waals surface area (Å²) >= 11 is 1.66. The zero-order chi connectivity index (χ0) is 17.6. The Labute approximate surface area is 150 Å². The maximum Gasteiger partial charge on any atom is 0.318 e. The van der Waals surface area contributed by atoms with Crippen LogP contribution in [0, 0.1) is 0 Å². The van der Waals surface area contributed by atoms with Crippen molar-refractivity contribution in [2.24, 2.45) is 5.73 Å². The Morgan fingerprint density at radius 2 is 1.80 bits per heavy atom. The van der Waals surface area contributed by atoms with E-state index >= 15 is 0 Å². The lowest BCUT2D eigenvalue weighted by Gasteiger charge is -2.33. The fourth-order valence-electron chi connectivity index (χ4n) is 2.81. The summed E-state index contributed by atoms with van der Waals surface area (Å²) in [4.78, 5) is 31.3. The molecule has 1 fully saturated rings. The molecule has 3 N–H and O–H groups in total. The Kier molecular flexibility index (Phi) is 5.75. The highest BCUT2D eigenvalue weighted by Gasteiger charge is 2.20. The monoisotopic (exact) mass is 359 g/mol. The van der Waals surface area contributed by atoms with Crippen molar-refractivity contribution in [3.63, 3.8) is 0 Å². The molecule has 132 valence electrons. The van der Waals surface area contributed by atoms with Crippen LogP contribution in [0.25, 0.3) is 10.6 Å². The minimum atomic E-state index is -0.804. The van der Waals surface area contributed by atoms with Gasteiger partial charge < -0.3 is 5.73 Å². The van der Waals surface area contributed by atoms with Crippen LogP contribution < -0.4 is 11.1 Å². The first-order chi connectivity index (χ1) is 12.1. The number of carbonyl (C=O) groups excluding carboxylic acids is 2. The number of rotatable bonds is 5. The predicted molar refractivity (Wildman–Crippen MR) is 97.0 cm³/mol. The lowest BCUT2D eigenvalue weighted by atomic mass is 10.2. The van der Waals surface area contributed by atoms with E-state index in [1.165, 1.54) is 0 Å². The minimum absolute atomic E-state index is 0.200.